The molecule has 1 amide bonds. The van der Waals surface area contributed by atoms with Crippen LogP contribution in [-0.2, 0) is 17.6 Å². The summed E-state index contributed by atoms with van der Waals surface area (Å²) in [5.74, 6) is 1.17. The molecule has 28 heavy (non-hydrogen) atoms. The normalized spacial score (nSPS) is 19.1. The second-order valence-electron chi connectivity index (χ2n) is 7.49. The highest BCUT2D eigenvalue weighted by atomic mass is 79.9. The molecule has 142 valence electrons. The van der Waals surface area contributed by atoms with E-state index in [0.717, 1.165) is 28.6 Å². The van der Waals surface area contributed by atoms with E-state index in [9.17, 15) is 4.79 Å². The van der Waals surface area contributed by atoms with Crippen LogP contribution in [0.3, 0.4) is 0 Å². The molecular formula is C22H20BrN3O2. The molecule has 1 aliphatic carbocycles. The Balaban J connectivity index is 1.40. The number of carbonyl (C=O) groups is 1. The van der Waals surface area contributed by atoms with Crippen LogP contribution < -0.4 is 4.90 Å². The fourth-order valence-electron chi connectivity index (χ4n) is 4.24. The quantitative estimate of drug-likeness (QED) is 0.584. The Hall–Kier alpha value is -2.47. The molecule has 3 aromatic rings. The van der Waals surface area contributed by atoms with Crippen molar-refractivity contribution in [2.24, 2.45) is 0 Å². The number of rotatable bonds is 3. The van der Waals surface area contributed by atoms with Crippen molar-refractivity contribution in [1.29, 1.82) is 0 Å². The van der Waals surface area contributed by atoms with Gasteiger partial charge in [-0.2, -0.15) is 4.98 Å². The third kappa shape index (κ3) is 3.15. The zero-order valence-corrected chi connectivity index (χ0v) is 17.0. The van der Waals surface area contributed by atoms with E-state index < -0.39 is 0 Å². The molecule has 0 bridgehead atoms. The van der Waals surface area contributed by atoms with Crippen LogP contribution in [0.4, 0.5) is 5.69 Å². The Labute approximate surface area is 171 Å². The van der Waals surface area contributed by atoms with Gasteiger partial charge in [-0.05, 0) is 67.1 Å². The smallest absolute Gasteiger partial charge is 0.232 e. The van der Waals surface area contributed by atoms with E-state index in [1.165, 1.54) is 24.0 Å². The first-order valence-electron chi connectivity index (χ1n) is 9.70. The molecule has 1 unspecified atom stereocenters. The van der Waals surface area contributed by atoms with E-state index in [1.807, 2.05) is 29.2 Å². The lowest BCUT2D eigenvalue weighted by molar-refractivity contribution is -0.117. The lowest BCUT2D eigenvalue weighted by Gasteiger charge is -2.25. The summed E-state index contributed by atoms with van der Waals surface area (Å²) in [6.45, 7) is 0.595. The van der Waals surface area contributed by atoms with Gasteiger partial charge in [-0.3, -0.25) is 4.79 Å². The van der Waals surface area contributed by atoms with Crippen molar-refractivity contribution in [2.45, 2.75) is 38.0 Å². The zero-order chi connectivity index (χ0) is 19.1. The molecule has 1 atom stereocenters. The van der Waals surface area contributed by atoms with Gasteiger partial charge in [0.2, 0.25) is 17.6 Å². The first kappa shape index (κ1) is 17.6. The van der Waals surface area contributed by atoms with Gasteiger partial charge in [-0.1, -0.05) is 33.2 Å². The molecular weight excluding hydrogens is 418 g/mol. The molecule has 2 aliphatic rings. The van der Waals surface area contributed by atoms with E-state index >= 15 is 0 Å². The van der Waals surface area contributed by atoms with Crippen LogP contribution in [0.15, 0.2) is 51.5 Å². The number of halogens is 1. The Kier molecular flexibility index (Phi) is 4.51. The van der Waals surface area contributed by atoms with E-state index in [1.54, 1.807) is 0 Å². The minimum absolute atomic E-state index is 0.0661. The van der Waals surface area contributed by atoms with Crippen molar-refractivity contribution in [1.82, 2.24) is 10.1 Å². The van der Waals surface area contributed by atoms with Crippen molar-refractivity contribution in [3.63, 3.8) is 0 Å². The van der Waals surface area contributed by atoms with E-state index in [2.05, 4.69) is 44.3 Å². The fourth-order valence-corrected chi connectivity index (χ4v) is 4.50. The average molecular weight is 438 g/mol. The predicted molar refractivity (Wildman–Crippen MR) is 110 cm³/mol. The number of amides is 1. The van der Waals surface area contributed by atoms with E-state index in [0.29, 0.717) is 24.7 Å². The van der Waals surface area contributed by atoms with Gasteiger partial charge >= 0.3 is 0 Å². The number of aromatic nitrogens is 2. The van der Waals surface area contributed by atoms with Gasteiger partial charge in [0.05, 0.1) is 5.92 Å². The number of nitrogens with zero attached hydrogens (tertiary/aromatic N) is 3. The highest BCUT2D eigenvalue weighted by molar-refractivity contribution is 9.10. The molecule has 1 aromatic heterocycles. The molecule has 6 heteroatoms. The summed E-state index contributed by atoms with van der Waals surface area (Å²) in [7, 11) is 0. The number of hydrogen-bond acceptors (Lipinski definition) is 4. The van der Waals surface area contributed by atoms with Crippen molar-refractivity contribution >= 4 is 27.5 Å². The molecule has 1 saturated heterocycles. The Morgan fingerprint density at radius 2 is 1.89 bits per heavy atom. The van der Waals surface area contributed by atoms with Crippen LogP contribution in [0.5, 0.6) is 0 Å². The molecule has 1 aliphatic heterocycles. The van der Waals surface area contributed by atoms with Crippen LogP contribution in [0.1, 0.15) is 42.2 Å². The van der Waals surface area contributed by atoms with Crippen LogP contribution in [0.25, 0.3) is 11.4 Å². The molecule has 0 radical (unpaired) electrons. The maximum absolute atomic E-state index is 12.8. The van der Waals surface area contributed by atoms with Gasteiger partial charge in [0.1, 0.15) is 0 Å². The number of fused-ring (bicyclic) bond motifs is 1. The second-order valence-corrected chi connectivity index (χ2v) is 8.41. The first-order chi connectivity index (χ1) is 13.7. The summed E-state index contributed by atoms with van der Waals surface area (Å²) in [6.07, 6.45) is 4.98. The van der Waals surface area contributed by atoms with Crippen LogP contribution >= 0.6 is 15.9 Å². The minimum atomic E-state index is -0.0661. The standard InChI is InChI=1S/C22H20BrN3O2/c23-17-10-8-15(9-11-17)21-24-22(28-25-21)16-12-20(27)26(13-16)19-7-3-5-14-4-1-2-6-18(14)19/h3,5,7-11,16H,1-2,4,6,12-13H2. The minimum Gasteiger partial charge on any atom is -0.339 e. The van der Waals surface area contributed by atoms with Gasteiger partial charge < -0.3 is 9.42 Å². The topological polar surface area (TPSA) is 59.2 Å². The van der Waals surface area contributed by atoms with Crippen molar-refractivity contribution in [2.75, 3.05) is 11.4 Å². The van der Waals surface area contributed by atoms with Crippen molar-refractivity contribution in [3.05, 3.63) is 64.0 Å². The largest absolute Gasteiger partial charge is 0.339 e. The monoisotopic (exact) mass is 437 g/mol. The SMILES string of the molecule is O=C1CC(c2nc(-c3ccc(Br)cc3)no2)CN1c1cccc2c1CCCC2. The Morgan fingerprint density at radius 3 is 2.75 bits per heavy atom. The Morgan fingerprint density at radius 1 is 1.07 bits per heavy atom. The zero-order valence-electron chi connectivity index (χ0n) is 15.4. The van der Waals surface area contributed by atoms with Gasteiger partial charge in [0.25, 0.3) is 0 Å². The maximum atomic E-state index is 12.8. The third-order valence-corrected chi connectivity index (χ3v) is 6.21. The lowest BCUT2D eigenvalue weighted by atomic mass is 9.90. The van der Waals surface area contributed by atoms with Gasteiger partial charge in [0, 0.05) is 28.7 Å². The van der Waals surface area contributed by atoms with Gasteiger partial charge in [-0.15, -0.1) is 0 Å². The molecule has 5 nitrogen and oxygen atoms in total. The van der Waals surface area contributed by atoms with Crippen LogP contribution in [0.2, 0.25) is 0 Å². The van der Waals surface area contributed by atoms with Gasteiger partial charge in [-0.25, -0.2) is 0 Å². The lowest BCUT2D eigenvalue weighted by Crippen LogP contribution is -2.26. The molecule has 0 spiro atoms. The summed E-state index contributed by atoms with van der Waals surface area (Å²) in [5, 5.41) is 4.12. The fraction of sp³-hybridized carbons (Fsp3) is 0.318. The summed E-state index contributed by atoms with van der Waals surface area (Å²) in [6, 6.07) is 14.1. The first-order valence-corrected chi connectivity index (χ1v) is 10.5. The third-order valence-electron chi connectivity index (χ3n) is 5.68. The van der Waals surface area contributed by atoms with Crippen molar-refractivity contribution < 1.29 is 9.32 Å². The molecule has 1 fully saturated rings. The van der Waals surface area contributed by atoms with Crippen molar-refractivity contribution in [3.8, 4) is 11.4 Å². The summed E-state index contributed by atoms with van der Waals surface area (Å²) < 4.78 is 6.53. The van der Waals surface area contributed by atoms with Crippen LogP contribution in [-0.4, -0.2) is 22.6 Å². The molecule has 0 saturated carbocycles. The summed E-state index contributed by atoms with van der Waals surface area (Å²) in [5.41, 5.74) is 4.69. The molecule has 2 aromatic carbocycles. The average Bonchev–Trinajstić information content (AvgIpc) is 3.35. The second kappa shape index (κ2) is 7.17. The highest BCUT2D eigenvalue weighted by Crippen LogP contribution is 2.36. The predicted octanol–water partition coefficient (Wildman–Crippen LogP) is 4.90. The number of aryl methyl sites for hydroxylation is 1. The Bertz CT molecular complexity index is 1030. The maximum Gasteiger partial charge on any atom is 0.232 e. The number of anilines is 1. The summed E-state index contributed by atoms with van der Waals surface area (Å²) >= 11 is 3.43. The van der Waals surface area contributed by atoms with E-state index in [4.69, 9.17) is 4.52 Å². The molecule has 0 N–H and O–H groups in total. The summed E-state index contributed by atoms with van der Waals surface area (Å²) in [4.78, 5) is 19.3. The number of carbonyl (C=O) groups excluding carboxylic acids is 1. The molecule has 5 rings (SSSR count). The van der Waals surface area contributed by atoms with E-state index in [-0.39, 0.29) is 11.8 Å². The number of benzene rings is 2. The highest BCUT2D eigenvalue weighted by Gasteiger charge is 2.36. The molecule has 2 heterocycles. The van der Waals surface area contributed by atoms with Crippen LogP contribution in [0, 0.1) is 0 Å². The van der Waals surface area contributed by atoms with Gasteiger partial charge in [0.15, 0.2) is 0 Å². The number of hydrogen-bond donors (Lipinski definition) is 0.